The smallest absolute Gasteiger partial charge is 0.338 e. The summed E-state index contributed by atoms with van der Waals surface area (Å²) in [6.07, 6.45) is 1.66. The lowest BCUT2D eigenvalue weighted by Gasteiger charge is -2.24. The van der Waals surface area contributed by atoms with E-state index in [0.717, 1.165) is 10.0 Å². The van der Waals surface area contributed by atoms with Crippen LogP contribution in [0, 0.1) is 0 Å². The van der Waals surface area contributed by atoms with Crippen molar-refractivity contribution in [1.82, 2.24) is 4.57 Å². The van der Waals surface area contributed by atoms with E-state index in [2.05, 4.69) is 36.9 Å². The summed E-state index contributed by atoms with van der Waals surface area (Å²) in [5, 5.41) is 0. The van der Waals surface area contributed by atoms with E-state index in [-0.39, 0.29) is 12.2 Å². The Morgan fingerprint density at radius 1 is 1.20 bits per heavy atom. The number of hydrogen-bond acceptors (Lipinski definition) is 7. The third-order valence-electron chi connectivity index (χ3n) is 5.20. The van der Waals surface area contributed by atoms with Crippen LogP contribution >= 0.6 is 43.2 Å². The Bertz CT molecular complexity index is 1540. The molecule has 1 atom stereocenters. The molecular weight excluding hydrogens is 600 g/mol. The zero-order valence-corrected chi connectivity index (χ0v) is 23.0. The number of carbonyl (C=O) groups is 2. The van der Waals surface area contributed by atoms with Crippen molar-refractivity contribution in [2.24, 2.45) is 4.99 Å². The van der Waals surface area contributed by atoms with Crippen LogP contribution in [0.3, 0.4) is 0 Å². The molecule has 2 heterocycles. The van der Waals surface area contributed by atoms with Gasteiger partial charge in [0.1, 0.15) is 0 Å². The number of allylic oxidation sites excluding steroid dienone is 1. The van der Waals surface area contributed by atoms with Crippen molar-refractivity contribution in [2.75, 3.05) is 6.61 Å². The van der Waals surface area contributed by atoms with E-state index >= 15 is 0 Å². The number of benzene rings is 2. The SMILES string of the molecule is CCOC(=O)C1=C(C)N=c2s/c(=C\c3cc(Br)cc(Br)c3OC(C)=O)c(=O)n2[C@@H]1c1ccccc1. The molecule has 1 aliphatic rings. The molecule has 10 heteroatoms. The van der Waals surface area contributed by atoms with E-state index in [4.69, 9.17) is 9.47 Å². The van der Waals surface area contributed by atoms with Crippen LogP contribution in [0.15, 0.2) is 72.5 Å². The van der Waals surface area contributed by atoms with Crippen LogP contribution in [0.2, 0.25) is 0 Å². The molecule has 0 N–H and O–H groups in total. The van der Waals surface area contributed by atoms with E-state index in [1.54, 1.807) is 32.1 Å². The lowest BCUT2D eigenvalue weighted by atomic mass is 9.96. The molecule has 1 aliphatic heterocycles. The maximum Gasteiger partial charge on any atom is 0.338 e. The molecule has 0 amide bonds. The van der Waals surface area contributed by atoms with Crippen molar-refractivity contribution in [1.29, 1.82) is 0 Å². The van der Waals surface area contributed by atoms with Crippen molar-refractivity contribution < 1.29 is 19.1 Å². The first kappa shape index (κ1) is 25.3. The van der Waals surface area contributed by atoms with Crippen molar-refractivity contribution in [3.63, 3.8) is 0 Å². The normalized spacial score (nSPS) is 15.5. The number of hydrogen-bond donors (Lipinski definition) is 0. The van der Waals surface area contributed by atoms with E-state index in [1.165, 1.54) is 22.8 Å². The van der Waals surface area contributed by atoms with Crippen LogP contribution in [-0.4, -0.2) is 23.1 Å². The topological polar surface area (TPSA) is 87.0 Å². The fourth-order valence-corrected chi connectivity index (χ4v) is 6.20. The highest BCUT2D eigenvalue weighted by molar-refractivity contribution is 9.11. The molecule has 35 heavy (non-hydrogen) atoms. The molecule has 1 aromatic heterocycles. The van der Waals surface area contributed by atoms with E-state index < -0.39 is 18.0 Å². The molecule has 0 bridgehead atoms. The number of aromatic nitrogens is 1. The predicted octanol–water partition coefficient (Wildman–Crippen LogP) is 4.25. The monoisotopic (exact) mass is 618 g/mol. The highest BCUT2D eigenvalue weighted by atomic mass is 79.9. The lowest BCUT2D eigenvalue weighted by Crippen LogP contribution is -2.39. The average Bonchev–Trinajstić information content (AvgIpc) is 3.10. The summed E-state index contributed by atoms with van der Waals surface area (Å²) in [6, 6.07) is 12.1. The van der Waals surface area contributed by atoms with Crippen LogP contribution in [0.1, 0.15) is 37.9 Å². The summed E-state index contributed by atoms with van der Waals surface area (Å²) in [5.74, 6) is -0.692. The summed E-state index contributed by atoms with van der Waals surface area (Å²) in [6.45, 7) is 4.99. The van der Waals surface area contributed by atoms with E-state index in [1.807, 2.05) is 30.3 Å². The Morgan fingerprint density at radius 2 is 1.91 bits per heavy atom. The maximum absolute atomic E-state index is 13.7. The van der Waals surface area contributed by atoms with Crippen molar-refractivity contribution in [2.45, 2.75) is 26.8 Å². The Balaban J connectivity index is 1.97. The predicted molar refractivity (Wildman–Crippen MR) is 140 cm³/mol. The van der Waals surface area contributed by atoms with Crippen molar-refractivity contribution >= 4 is 61.2 Å². The molecule has 3 aromatic rings. The van der Waals surface area contributed by atoms with Crippen LogP contribution in [-0.2, 0) is 14.3 Å². The van der Waals surface area contributed by atoms with Crippen LogP contribution in [0.4, 0.5) is 0 Å². The van der Waals surface area contributed by atoms with Gasteiger partial charge in [-0.05, 0) is 53.5 Å². The van der Waals surface area contributed by atoms with Crippen molar-refractivity contribution in [3.8, 4) is 5.75 Å². The maximum atomic E-state index is 13.7. The van der Waals surface area contributed by atoms with Gasteiger partial charge in [0.05, 0.1) is 32.9 Å². The third-order valence-corrected chi connectivity index (χ3v) is 7.23. The molecule has 180 valence electrons. The van der Waals surface area contributed by atoms with Crippen LogP contribution in [0.25, 0.3) is 6.08 Å². The number of halogens is 2. The summed E-state index contributed by atoms with van der Waals surface area (Å²) in [5.41, 5.74) is 1.80. The average molecular weight is 620 g/mol. The summed E-state index contributed by atoms with van der Waals surface area (Å²) < 4.78 is 13.9. The number of rotatable bonds is 5. The largest absolute Gasteiger partial charge is 0.463 e. The molecular formula is C25H20Br2N2O5S. The Labute approximate surface area is 221 Å². The van der Waals surface area contributed by atoms with Crippen LogP contribution < -0.4 is 19.6 Å². The van der Waals surface area contributed by atoms with Crippen LogP contribution in [0.5, 0.6) is 5.75 Å². The number of ether oxygens (including phenoxy) is 2. The molecule has 0 aliphatic carbocycles. The van der Waals surface area contributed by atoms with Gasteiger partial charge < -0.3 is 9.47 Å². The second-order valence-electron chi connectivity index (χ2n) is 7.61. The first-order valence-corrected chi connectivity index (χ1v) is 13.0. The quantitative estimate of drug-likeness (QED) is 0.315. The number of thiazole rings is 1. The molecule has 0 saturated heterocycles. The molecule has 7 nitrogen and oxygen atoms in total. The fourth-order valence-electron chi connectivity index (χ4n) is 3.82. The summed E-state index contributed by atoms with van der Waals surface area (Å²) in [4.78, 5) is 43.3. The second-order valence-corrected chi connectivity index (χ2v) is 10.4. The van der Waals surface area contributed by atoms with Gasteiger partial charge in [0.2, 0.25) is 0 Å². The Morgan fingerprint density at radius 3 is 2.57 bits per heavy atom. The minimum Gasteiger partial charge on any atom is -0.463 e. The van der Waals surface area contributed by atoms with Gasteiger partial charge in [0.15, 0.2) is 10.6 Å². The third kappa shape index (κ3) is 5.10. The molecule has 0 fully saturated rings. The zero-order valence-electron chi connectivity index (χ0n) is 19.0. The molecule has 0 unspecified atom stereocenters. The van der Waals surface area contributed by atoms with E-state index in [0.29, 0.717) is 36.4 Å². The molecule has 2 aromatic carbocycles. The molecule has 0 spiro atoms. The zero-order chi connectivity index (χ0) is 25.3. The summed E-state index contributed by atoms with van der Waals surface area (Å²) in [7, 11) is 0. The van der Waals surface area contributed by atoms with Gasteiger partial charge in [-0.25, -0.2) is 9.79 Å². The second kappa shape index (κ2) is 10.4. The van der Waals surface area contributed by atoms with Gasteiger partial charge in [0, 0.05) is 17.0 Å². The van der Waals surface area contributed by atoms with Gasteiger partial charge >= 0.3 is 11.9 Å². The van der Waals surface area contributed by atoms with Gasteiger partial charge in [0.25, 0.3) is 5.56 Å². The first-order valence-electron chi connectivity index (χ1n) is 10.6. The van der Waals surface area contributed by atoms with Crippen molar-refractivity contribution in [3.05, 3.63) is 93.5 Å². The Hall–Kier alpha value is -2.82. The number of fused-ring (bicyclic) bond motifs is 1. The standard InChI is InChI=1S/C25H20Br2N2O5S/c1-4-33-24(32)20-13(2)28-25-29(21(20)15-8-6-5-7-9-15)23(31)19(35-25)11-16-10-17(26)12-18(27)22(16)34-14(3)30/h5-12,21H,4H2,1-3H3/b19-11-/t21-/m1/s1. The molecule has 4 rings (SSSR count). The number of nitrogens with zero attached hydrogens (tertiary/aromatic N) is 2. The minimum atomic E-state index is -0.684. The molecule has 0 radical (unpaired) electrons. The summed E-state index contributed by atoms with van der Waals surface area (Å²) >= 11 is 8.06. The number of carbonyl (C=O) groups excluding carboxylic acids is 2. The molecule has 0 saturated carbocycles. The highest BCUT2D eigenvalue weighted by Crippen LogP contribution is 2.34. The van der Waals surface area contributed by atoms with Gasteiger partial charge in [-0.1, -0.05) is 57.6 Å². The van der Waals surface area contributed by atoms with E-state index in [9.17, 15) is 14.4 Å². The Kier molecular flexibility index (Phi) is 7.53. The fraction of sp³-hybridized carbons (Fsp3) is 0.200. The first-order chi connectivity index (χ1) is 16.7. The van der Waals surface area contributed by atoms with Gasteiger partial charge in [-0.3, -0.25) is 14.2 Å². The minimum absolute atomic E-state index is 0.207. The number of esters is 2. The highest BCUT2D eigenvalue weighted by Gasteiger charge is 2.33. The lowest BCUT2D eigenvalue weighted by molar-refractivity contribution is -0.139. The van der Waals surface area contributed by atoms with Gasteiger partial charge in [-0.15, -0.1) is 0 Å². The van der Waals surface area contributed by atoms with Gasteiger partial charge in [-0.2, -0.15) is 0 Å².